The van der Waals surface area contributed by atoms with Crippen molar-refractivity contribution in [1.82, 2.24) is 15.3 Å². The van der Waals surface area contributed by atoms with Crippen LogP contribution in [0.15, 0.2) is 35.2 Å². The SMILES string of the molecule is CCOc1ncc(CCC(=O)NCc2ccco2)cn1. The van der Waals surface area contributed by atoms with E-state index in [1.165, 1.54) is 0 Å². The van der Waals surface area contributed by atoms with E-state index in [2.05, 4.69) is 15.3 Å². The number of nitrogens with zero attached hydrogens (tertiary/aromatic N) is 2. The molecule has 0 aliphatic carbocycles. The van der Waals surface area contributed by atoms with Crippen molar-refractivity contribution in [3.8, 4) is 6.01 Å². The molecule has 2 rings (SSSR count). The van der Waals surface area contributed by atoms with Crippen molar-refractivity contribution in [2.24, 2.45) is 0 Å². The molecule has 0 radical (unpaired) electrons. The third kappa shape index (κ3) is 4.38. The molecule has 2 heterocycles. The summed E-state index contributed by atoms with van der Waals surface area (Å²) in [4.78, 5) is 19.8. The normalized spacial score (nSPS) is 10.2. The predicted molar refractivity (Wildman–Crippen MR) is 72.1 cm³/mol. The molecule has 0 saturated heterocycles. The van der Waals surface area contributed by atoms with Gasteiger partial charge in [-0.1, -0.05) is 0 Å². The Morgan fingerprint density at radius 1 is 1.40 bits per heavy atom. The van der Waals surface area contributed by atoms with E-state index in [-0.39, 0.29) is 5.91 Å². The molecule has 0 aromatic carbocycles. The van der Waals surface area contributed by atoms with Crippen LogP contribution in [-0.2, 0) is 17.8 Å². The van der Waals surface area contributed by atoms with Crippen molar-refractivity contribution >= 4 is 5.91 Å². The monoisotopic (exact) mass is 275 g/mol. The molecule has 0 bridgehead atoms. The van der Waals surface area contributed by atoms with E-state index >= 15 is 0 Å². The number of carbonyl (C=O) groups is 1. The minimum absolute atomic E-state index is 0.0321. The van der Waals surface area contributed by atoms with Crippen LogP contribution in [0.2, 0.25) is 0 Å². The second-order valence-electron chi connectivity index (χ2n) is 4.16. The van der Waals surface area contributed by atoms with Crippen molar-refractivity contribution in [2.75, 3.05) is 6.61 Å². The lowest BCUT2D eigenvalue weighted by Gasteiger charge is -2.04. The maximum Gasteiger partial charge on any atom is 0.316 e. The number of nitrogens with one attached hydrogen (secondary N) is 1. The van der Waals surface area contributed by atoms with Gasteiger partial charge in [0.25, 0.3) is 0 Å². The Morgan fingerprint density at radius 3 is 2.85 bits per heavy atom. The molecule has 0 atom stereocenters. The van der Waals surface area contributed by atoms with E-state index in [9.17, 15) is 4.79 Å². The molecular formula is C14H17N3O3. The van der Waals surface area contributed by atoms with Gasteiger partial charge in [-0.3, -0.25) is 4.79 Å². The molecule has 0 spiro atoms. The lowest BCUT2D eigenvalue weighted by atomic mass is 10.2. The maximum absolute atomic E-state index is 11.7. The first-order valence-electron chi connectivity index (χ1n) is 6.50. The molecule has 6 heteroatoms. The molecular weight excluding hydrogens is 258 g/mol. The molecule has 106 valence electrons. The summed E-state index contributed by atoms with van der Waals surface area (Å²) in [5.74, 6) is 0.707. The van der Waals surface area contributed by atoms with Gasteiger partial charge in [-0.15, -0.1) is 0 Å². The highest BCUT2D eigenvalue weighted by Crippen LogP contribution is 2.05. The van der Waals surface area contributed by atoms with E-state index in [0.29, 0.717) is 32.0 Å². The van der Waals surface area contributed by atoms with Gasteiger partial charge < -0.3 is 14.5 Å². The van der Waals surface area contributed by atoms with Gasteiger partial charge in [0.1, 0.15) is 5.76 Å². The van der Waals surface area contributed by atoms with E-state index in [1.54, 1.807) is 24.7 Å². The van der Waals surface area contributed by atoms with Crippen LogP contribution in [0.3, 0.4) is 0 Å². The van der Waals surface area contributed by atoms with Gasteiger partial charge in [0.05, 0.1) is 19.4 Å². The number of rotatable bonds is 7. The van der Waals surface area contributed by atoms with Crippen molar-refractivity contribution in [3.63, 3.8) is 0 Å². The Morgan fingerprint density at radius 2 is 2.20 bits per heavy atom. The van der Waals surface area contributed by atoms with Crippen LogP contribution >= 0.6 is 0 Å². The second kappa shape index (κ2) is 7.28. The molecule has 1 amide bonds. The van der Waals surface area contributed by atoms with Gasteiger partial charge in [-0.25, -0.2) is 9.97 Å². The second-order valence-corrected chi connectivity index (χ2v) is 4.16. The predicted octanol–water partition coefficient (Wildman–Crippen LogP) is 1.72. The number of aryl methyl sites for hydroxylation is 1. The summed E-state index contributed by atoms with van der Waals surface area (Å²) in [5, 5.41) is 2.79. The molecule has 0 fully saturated rings. The molecule has 20 heavy (non-hydrogen) atoms. The number of hydrogen-bond acceptors (Lipinski definition) is 5. The fourth-order valence-electron chi connectivity index (χ4n) is 1.62. The Hall–Kier alpha value is -2.37. The van der Waals surface area contributed by atoms with Gasteiger partial charge in [0, 0.05) is 18.8 Å². The molecule has 0 unspecified atom stereocenters. The summed E-state index contributed by atoms with van der Waals surface area (Å²) in [6.45, 7) is 2.82. The highest BCUT2D eigenvalue weighted by atomic mass is 16.5. The molecule has 6 nitrogen and oxygen atoms in total. The molecule has 0 aliphatic heterocycles. The number of hydrogen-bond donors (Lipinski definition) is 1. The third-order valence-electron chi connectivity index (χ3n) is 2.64. The van der Waals surface area contributed by atoms with Gasteiger partial charge in [-0.2, -0.15) is 0 Å². The topological polar surface area (TPSA) is 77.2 Å². The average molecular weight is 275 g/mol. The van der Waals surface area contributed by atoms with Crippen molar-refractivity contribution in [2.45, 2.75) is 26.3 Å². The number of furan rings is 1. The standard InChI is InChI=1S/C14H17N3O3/c1-2-19-14-16-8-11(9-17-14)5-6-13(18)15-10-12-4-3-7-20-12/h3-4,7-9H,2,5-6,10H2,1H3,(H,15,18). The molecule has 0 saturated carbocycles. The summed E-state index contributed by atoms with van der Waals surface area (Å²) in [5.41, 5.74) is 0.904. The maximum atomic E-state index is 11.7. The Labute approximate surface area is 117 Å². The molecule has 2 aromatic rings. The summed E-state index contributed by atoms with van der Waals surface area (Å²) in [6.07, 6.45) is 5.92. The van der Waals surface area contributed by atoms with Gasteiger partial charge in [-0.05, 0) is 31.0 Å². The van der Waals surface area contributed by atoms with Crippen molar-refractivity contribution in [3.05, 3.63) is 42.1 Å². The van der Waals surface area contributed by atoms with E-state index in [1.807, 2.05) is 13.0 Å². The highest BCUT2D eigenvalue weighted by molar-refractivity contribution is 5.76. The summed E-state index contributed by atoms with van der Waals surface area (Å²) in [7, 11) is 0. The van der Waals surface area contributed by atoms with Crippen LogP contribution in [0.25, 0.3) is 0 Å². The van der Waals surface area contributed by atoms with Crippen molar-refractivity contribution in [1.29, 1.82) is 0 Å². The first-order valence-corrected chi connectivity index (χ1v) is 6.50. The fourth-order valence-corrected chi connectivity index (χ4v) is 1.62. The summed E-state index contributed by atoms with van der Waals surface area (Å²) >= 11 is 0. The van der Waals surface area contributed by atoms with Crippen LogP contribution in [-0.4, -0.2) is 22.5 Å². The quantitative estimate of drug-likeness (QED) is 0.832. The minimum Gasteiger partial charge on any atom is -0.467 e. The van der Waals surface area contributed by atoms with Crippen LogP contribution in [0.1, 0.15) is 24.7 Å². The van der Waals surface area contributed by atoms with Crippen molar-refractivity contribution < 1.29 is 13.9 Å². The van der Waals surface area contributed by atoms with E-state index in [0.717, 1.165) is 11.3 Å². The number of carbonyl (C=O) groups excluding carboxylic acids is 1. The van der Waals surface area contributed by atoms with E-state index in [4.69, 9.17) is 9.15 Å². The smallest absolute Gasteiger partial charge is 0.316 e. The zero-order chi connectivity index (χ0) is 14.2. The highest BCUT2D eigenvalue weighted by Gasteiger charge is 2.04. The lowest BCUT2D eigenvalue weighted by Crippen LogP contribution is -2.22. The summed E-state index contributed by atoms with van der Waals surface area (Å²) in [6, 6.07) is 3.97. The van der Waals surface area contributed by atoms with Gasteiger partial charge in [0.2, 0.25) is 5.91 Å². The summed E-state index contributed by atoms with van der Waals surface area (Å²) < 4.78 is 10.3. The fraction of sp³-hybridized carbons (Fsp3) is 0.357. The Balaban J connectivity index is 1.72. The largest absolute Gasteiger partial charge is 0.467 e. The Bertz CT molecular complexity index is 523. The molecule has 0 aliphatic rings. The van der Waals surface area contributed by atoms with Gasteiger partial charge in [0.15, 0.2) is 0 Å². The molecule has 2 aromatic heterocycles. The van der Waals surface area contributed by atoms with Gasteiger partial charge >= 0.3 is 6.01 Å². The lowest BCUT2D eigenvalue weighted by molar-refractivity contribution is -0.121. The third-order valence-corrected chi connectivity index (χ3v) is 2.64. The van der Waals surface area contributed by atoms with Crippen LogP contribution < -0.4 is 10.1 Å². The Kier molecular flexibility index (Phi) is 5.11. The number of ether oxygens (including phenoxy) is 1. The van der Waals surface area contributed by atoms with Crippen LogP contribution in [0.5, 0.6) is 6.01 Å². The number of amides is 1. The van der Waals surface area contributed by atoms with E-state index < -0.39 is 0 Å². The van der Waals surface area contributed by atoms with Crippen LogP contribution in [0, 0.1) is 0 Å². The first-order chi connectivity index (χ1) is 9.78. The minimum atomic E-state index is -0.0321. The molecule has 1 N–H and O–H groups in total. The number of aromatic nitrogens is 2. The average Bonchev–Trinajstić information content (AvgIpc) is 2.98. The first kappa shape index (κ1) is 14.0. The zero-order valence-corrected chi connectivity index (χ0v) is 11.3. The van der Waals surface area contributed by atoms with Crippen LogP contribution in [0.4, 0.5) is 0 Å². The zero-order valence-electron chi connectivity index (χ0n) is 11.3.